The fourth-order valence-electron chi connectivity index (χ4n) is 2.14. The van der Waals surface area contributed by atoms with Gasteiger partial charge in [0.05, 0.1) is 18.5 Å². The van der Waals surface area contributed by atoms with Gasteiger partial charge in [-0.3, -0.25) is 4.79 Å². The minimum Gasteiger partial charge on any atom is -0.496 e. The summed E-state index contributed by atoms with van der Waals surface area (Å²) in [5.74, 6) is 0.481. The van der Waals surface area contributed by atoms with Crippen molar-refractivity contribution in [2.24, 2.45) is 0 Å². The number of para-hydroxylation sites is 1. The number of amides is 1. The van der Waals surface area contributed by atoms with E-state index in [0.717, 1.165) is 11.3 Å². The molecule has 2 aromatic carbocycles. The van der Waals surface area contributed by atoms with E-state index >= 15 is 0 Å². The summed E-state index contributed by atoms with van der Waals surface area (Å²) in [6.07, 6.45) is 3.19. The van der Waals surface area contributed by atoms with Gasteiger partial charge in [-0.2, -0.15) is 0 Å². The summed E-state index contributed by atoms with van der Waals surface area (Å²) in [7, 11) is 5.41. The van der Waals surface area contributed by atoms with Gasteiger partial charge in [-0.05, 0) is 30.3 Å². The summed E-state index contributed by atoms with van der Waals surface area (Å²) < 4.78 is 5.26. The largest absolute Gasteiger partial charge is 0.496 e. The molecule has 0 bridgehead atoms. The Labute approximate surface area is 141 Å². The lowest BCUT2D eigenvalue weighted by Gasteiger charge is -2.17. The molecule has 5 heteroatoms. The topological polar surface area (TPSA) is 41.6 Å². The van der Waals surface area contributed by atoms with E-state index in [4.69, 9.17) is 16.3 Å². The van der Waals surface area contributed by atoms with Gasteiger partial charge in [0.15, 0.2) is 0 Å². The van der Waals surface area contributed by atoms with E-state index in [9.17, 15) is 4.79 Å². The molecule has 0 fully saturated rings. The molecule has 23 heavy (non-hydrogen) atoms. The zero-order valence-corrected chi connectivity index (χ0v) is 14.1. The maximum atomic E-state index is 12.2. The van der Waals surface area contributed by atoms with Crippen LogP contribution in [0.5, 0.6) is 5.75 Å². The average Bonchev–Trinajstić information content (AvgIpc) is 2.53. The Hall–Kier alpha value is -2.46. The molecule has 2 aromatic rings. The van der Waals surface area contributed by atoms with E-state index in [0.29, 0.717) is 16.5 Å². The first kappa shape index (κ1) is 16.9. The third-order valence-electron chi connectivity index (χ3n) is 3.25. The third kappa shape index (κ3) is 4.50. The molecule has 0 aliphatic carbocycles. The number of hydrogen-bond acceptors (Lipinski definition) is 3. The monoisotopic (exact) mass is 330 g/mol. The molecule has 0 saturated heterocycles. The van der Waals surface area contributed by atoms with Crippen LogP contribution in [0.15, 0.2) is 48.5 Å². The highest BCUT2D eigenvalue weighted by molar-refractivity contribution is 6.31. The van der Waals surface area contributed by atoms with Crippen LogP contribution in [-0.4, -0.2) is 27.1 Å². The van der Waals surface area contributed by atoms with Crippen LogP contribution in [0.4, 0.5) is 11.4 Å². The van der Waals surface area contributed by atoms with E-state index in [-0.39, 0.29) is 5.91 Å². The zero-order chi connectivity index (χ0) is 16.8. The summed E-state index contributed by atoms with van der Waals surface area (Å²) >= 11 is 6.01. The Kier molecular flexibility index (Phi) is 5.66. The van der Waals surface area contributed by atoms with Gasteiger partial charge in [0.1, 0.15) is 5.75 Å². The van der Waals surface area contributed by atoms with Crippen molar-refractivity contribution in [1.82, 2.24) is 0 Å². The number of carbonyl (C=O) groups excluding carboxylic acids is 1. The summed E-state index contributed by atoms with van der Waals surface area (Å²) in [6.45, 7) is 0. The van der Waals surface area contributed by atoms with Gasteiger partial charge >= 0.3 is 0 Å². The minimum absolute atomic E-state index is 0.235. The number of benzene rings is 2. The van der Waals surface area contributed by atoms with Crippen LogP contribution in [0.1, 0.15) is 5.56 Å². The van der Waals surface area contributed by atoms with E-state index in [1.54, 1.807) is 25.3 Å². The van der Waals surface area contributed by atoms with Gasteiger partial charge in [0, 0.05) is 30.8 Å². The van der Waals surface area contributed by atoms with Crippen molar-refractivity contribution in [1.29, 1.82) is 0 Å². The molecule has 0 saturated carbocycles. The van der Waals surface area contributed by atoms with Crippen molar-refractivity contribution in [2.45, 2.75) is 0 Å². The standard InChI is InChI=1S/C18H19ClN2O2/c1-21(2)16-10-9-14(19)12-15(16)20-18(22)11-8-13-6-4-5-7-17(13)23-3/h4-12H,1-3H3,(H,20,22)/b11-8+. The normalized spacial score (nSPS) is 10.6. The molecular formula is C18H19ClN2O2. The highest BCUT2D eigenvalue weighted by atomic mass is 35.5. The fourth-order valence-corrected chi connectivity index (χ4v) is 2.31. The van der Waals surface area contributed by atoms with Gasteiger partial charge in [-0.25, -0.2) is 0 Å². The second kappa shape index (κ2) is 7.70. The number of methoxy groups -OCH3 is 1. The molecule has 0 aliphatic heterocycles. The molecule has 0 spiro atoms. The quantitative estimate of drug-likeness (QED) is 0.840. The Morgan fingerprint density at radius 2 is 1.96 bits per heavy atom. The van der Waals surface area contributed by atoms with Crippen molar-refractivity contribution in [3.63, 3.8) is 0 Å². The lowest BCUT2D eigenvalue weighted by atomic mass is 10.2. The summed E-state index contributed by atoms with van der Waals surface area (Å²) in [4.78, 5) is 14.1. The molecule has 120 valence electrons. The molecule has 1 N–H and O–H groups in total. The highest BCUT2D eigenvalue weighted by Crippen LogP contribution is 2.28. The molecule has 4 nitrogen and oxygen atoms in total. The maximum Gasteiger partial charge on any atom is 0.248 e. The number of ether oxygens (including phenoxy) is 1. The number of halogens is 1. The SMILES string of the molecule is COc1ccccc1/C=C/C(=O)Nc1cc(Cl)ccc1N(C)C. The smallest absolute Gasteiger partial charge is 0.248 e. The molecule has 0 unspecified atom stereocenters. The second-order valence-corrected chi connectivity index (χ2v) is 5.56. The highest BCUT2D eigenvalue weighted by Gasteiger charge is 2.08. The average molecular weight is 331 g/mol. The van der Waals surface area contributed by atoms with Gasteiger partial charge < -0.3 is 15.0 Å². The zero-order valence-electron chi connectivity index (χ0n) is 13.3. The number of nitrogens with zero attached hydrogens (tertiary/aromatic N) is 1. The molecule has 2 rings (SSSR count). The number of nitrogens with one attached hydrogen (secondary N) is 1. The van der Waals surface area contributed by atoms with E-state index in [2.05, 4.69) is 5.32 Å². The predicted molar refractivity (Wildman–Crippen MR) is 96.4 cm³/mol. The van der Waals surface area contributed by atoms with Crippen molar-refractivity contribution in [3.05, 3.63) is 59.1 Å². The van der Waals surface area contributed by atoms with Crippen molar-refractivity contribution in [3.8, 4) is 5.75 Å². The molecule has 0 aromatic heterocycles. The number of hydrogen-bond donors (Lipinski definition) is 1. The number of carbonyl (C=O) groups is 1. The fraction of sp³-hybridized carbons (Fsp3) is 0.167. The van der Waals surface area contributed by atoms with Crippen LogP contribution in [-0.2, 0) is 4.79 Å². The summed E-state index contributed by atoms with van der Waals surface area (Å²) in [6, 6.07) is 12.9. The minimum atomic E-state index is -0.235. The Morgan fingerprint density at radius 1 is 1.22 bits per heavy atom. The molecular weight excluding hydrogens is 312 g/mol. The molecule has 0 radical (unpaired) electrons. The van der Waals surface area contributed by atoms with Crippen LogP contribution in [0.25, 0.3) is 6.08 Å². The van der Waals surface area contributed by atoms with Crippen LogP contribution in [0.3, 0.4) is 0 Å². The first-order valence-electron chi connectivity index (χ1n) is 7.10. The van der Waals surface area contributed by atoms with Crippen molar-refractivity contribution in [2.75, 3.05) is 31.4 Å². The first-order chi connectivity index (χ1) is 11.0. The van der Waals surface area contributed by atoms with E-state index in [1.165, 1.54) is 6.08 Å². The third-order valence-corrected chi connectivity index (χ3v) is 3.49. The predicted octanol–water partition coefficient (Wildman–Crippen LogP) is 4.07. The van der Waals surface area contributed by atoms with Gasteiger partial charge in [-0.1, -0.05) is 29.8 Å². The lowest BCUT2D eigenvalue weighted by Crippen LogP contribution is -2.15. The summed E-state index contributed by atoms with van der Waals surface area (Å²) in [5, 5.41) is 3.42. The van der Waals surface area contributed by atoms with Crippen LogP contribution in [0.2, 0.25) is 5.02 Å². The van der Waals surface area contributed by atoms with Gasteiger partial charge in [0.25, 0.3) is 0 Å². The second-order valence-electron chi connectivity index (χ2n) is 5.12. The Morgan fingerprint density at radius 3 is 2.65 bits per heavy atom. The Bertz CT molecular complexity index is 727. The first-order valence-corrected chi connectivity index (χ1v) is 7.48. The lowest BCUT2D eigenvalue weighted by molar-refractivity contribution is -0.111. The number of anilines is 2. The van der Waals surface area contributed by atoms with Gasteiger partial charge in [0.2, 0.25) is 5.91 Å². The number of rotatable bonds is 5. The Balaban J connectivity index is 2.17. The maximum absolute atomic E-state index is 12.2. The van der Waals surface area contributed by atoms with Crippen LogP contribution >= 0.6 is 11.6 Å². The molecule has 1 amide bonds. The van der Waals surface area contributed by atoms with Gasteiger partial charge in [-0.15, -0.1) is 0 Å². The van der Waals surface area contributed by atoms with E-state index < -0.39 is 0 Å². The summed E-state index contributed by atoms with van der Waals surface area (Å²) in [5.41, 5.74) is 2.38. The van der Waals surface area contributed by atoms with Crippen LogP contribution < -0.4 is 15.0 Å². The van der Waals surface area contributed by atoms with E-state index in [1.807, 2.05) is 49.3 Å². The van der Waals surface area contributed by atoms with Crippen molar-refractivity contribution >= 4 is 35.0 Å². The molecule has 0 aliphatic rings. The molecule has 0 atom stereocenters. The van der Waals surface area contributed by atoms with Crippen molar-refractivity contribution < 1.29 is 9.53 Å². The molecule has 0 heterocycles. The van der Waals surface area contributed by atoms with Crippen LogP contribution in [0, 0.1) is 0 Å².